The van der Waals surface area contributed by atoms with Crippen LogP contribution in [0.5, 0.6) is 0 Å². The van der Waals surface area contributed by atoms with Gasteiger partial charge in [-0.3, -0.25) is 24.0 Å². The first-order chi connectivity index (χ1) is 50.5. The third kappa shape index (κ3) is 31.3. The van der Waals surface area contributed by atoms with Gasteiger partial charge in [0.1, 0.15) is 6.61 Å². The summed E-state index contributed by atoms with van der Waals surface area (Å²) in [4.78, 5) is 69.3. The van der Waals surface area contributed by atoms with Crippen LogP contribution in [0.2, 0.25) is 0 Å². The zero-order valence-electron chi connectivity index (χ0n) is 69.2. The summed E-state index contributed by atoms with van der Waals surface area (Å²) in [5.74, 6) is 3.09. The van der Waals surface area contributed by atoms with Gasteiger partial charge in [-0.1, -0.05) is 132 Å². The summed E-state index contributed by atoms with van der Waals surface area (Å²) in [6.45, 7) is 35.5. The fraction of sp³-hybridized carbons (Fsp3) is 0.931. The van der Waals surface area contributed by atoms with E-state index in [4.69, 9.17) is 61.6 Å². The summed E-state index contributed by atoms with van der Waals surface area (Å²) >= 11 is 0. The lowest BCUT2D eigenvalue weighted by Crippen LogP contribution is -2.26. The van der Waals surface area contributed by atoms with Crippen molar-refractivity contribution in [1.82, 2.24) is 0 Å². The molecule has 6 saturated carbocycles. The molecule has 12 rings (SSSR count). The third-order valence-electron chi connectivity index (χ3n) is 25.3. The van der Waals surface area contributed by atoms with Crippen molar-refractivity contribution < 1.29 is 90.3 Å². The molecule has 0 bridgehead atoms. The fourth-order valence-corrected chi connectivity index (χ4v) is 16.6. The second-order valence-corrected chi connectivity index (χ2v) is 36.0. The smallest absolute Gasteiger partial charge is 0.332 e. The molecule has 0 radical (unpaired) electrons. The molecule has 0 spiro atoms. The summed E-state index contributed by atoms with van der Waals surface area (Å²) in [7, 11) is 0. The van der Waals surface area contributed by atoms with E-state index in [0.717, 1.165) is 167 Å². The Balaban J connectivity index is 0.000000178. The minimum atomic E-state index is -0.257. The average molecular weight is 1500 g/mol. The standard InChI is InChI=1S/C18H32O3.2C16H28O3.C13H22O3.C12H20O4.C12H20O3/c1-3-4-5-6-7-8-9-10-17(19)20-14-15-11-12-18(2)16(13-15)21-18;1-4-6-7-13(5-2)15(17)18-11-12-8-9-16(3)14(10-12)19-16;1-3-4-5-6-7-8-15(17)18-12-13-9-10-16(2)14(11-13)19-16;1-9(2)6-12(14)15-8-10-4-5-13(3)11(7-10)16-13;1-3-14-8-11(13)15-7-9-4-5-12(2)10(6-9)16-12;1-8(2)11(13)14-7-9-4-5-12(3)10(6-9)15-12/h15-16H,3-14H2,1-2H3;12-14H,4-11H2,1-3H3;13-14H,3-12H2,1-2H3;9-11H,4-8H2,1-3H3;9-10H,3-8H2,1-2H3;8-10H,4-7H2,1-3H3. The Labute approximate surface area is 641 Å². The molecule has 6 aliphatic carbocycles. The fourth-order valence-electron chi connectivity index (χ4n) is 16.6. The van der Waals surface area contributed by atoms with Crippen LogP contribution in [0.3, 0.4) is 0 Å². The number of esters is 6. The minimum Gasteiger partial charge on any atom is -0.465 e. The van der Waals surface area contributed by atoms with Gasteiger partial charge in [-0.2, -0.15) is 0 Å². The first kappa shape index (κ1) is 89.7. The van der Waals surface area contributed by atoms with Crippen LogP contribution in [0, 0.1) is 53.3 Å². The van der Waals surface area contributed by atoms with E-state index in [1.165, 1.54) is 51.4 Å². The molecule has 6 saturated heterocycles. The van der Waals surface area contributed by atoms with E-state index >= 15 is 0 Å². The highest BCUT2D eigenvalue weighted by Crippen LogP contribution is 2.54. The van der Waals surface area contributed by atoms with Gasteiger partial charge in [0.15, 0.2) is 0 Å². The monoisotopic (exact) mass is 1500 g/mol. The Morgan fingerprint density at radius 2 is 0.632 bits per heavy atom. The molecule has 19 unspecified atom stereocenters. The van der Waals surface area contributed by atoms with E-state index in [1.807, 2.05) is 34.6 Å². The maximum atomic E-state index is 12.0. The van der Waals surface area contributed by atoms with Crippen molar-refractivity contribution in [2.24, 2.45) is 53.3 Å². The Bertz CT molecular complexity index is 2650. The van der Waals surface area contributed by atoms with E-state index in [9.17, 15) is 28.8 Å². The van der Waals surface area contributed by atoms with Crippen molar-refractivity contribution in [2.45, 2.75) is 412 Å². The Kier molecular flexibility index (Phi) is 36.9. The Morgan fingerprint density at radius 1 is 0.349 bits per heavy atom. The molecular formula is C87H150O19. The highest BCUT2D eigenvalue weighted by molar-refractivity contribution is 5.73. The largest absolute Gasteiger partial charge is 0.465 e. The minimum absolute atomic E-state index is 0.00592. The topological polar surface area (TPSA) is 242 Å². The number of fused-ring (bicyclic) bond motifs is 6. The van der Waals surface area contributed by atoms with Crippen LogP contribution in [0.1, 0.15) is 341 Å². The van der Waals surface area contributed by atoms with Gasteiger partial charge in [0, 0.05) is 25.9 Å². The van der Waals surface area contributed by atoms with Gasteiger partial charge in [-0.25, -0.2) is 4.79 Å². The molecule has 0 N–H and O–H groups in total. The number of rotatable bonds is 37. The average Bonchev–Trinajstić information content (AvgIpc) is 1.65. The molecular weight excluding hydrogens is 1350 g/mol. The summed E-state index contributed by atoms with van der Waals surface area (Å²) in [5.41, 5.74) is 0.967. The first-order valence-electron chi connectivity index (χ1n) is 43.1. The Morgan fingerprint density at radius 3 is 0.915 bits per heavy atom. The summed E-state index contributed by atoms with van der Waals surface area (Å²) in [6.07, 6.45) is 42.7. The first-order valence-corrected chi connectivity index (χ1v) is 43.1. The van der Waals surface area contributed by atoms with Crippen LogP contribution in [-0.4, -0.2) is 159 Å². The van der Waals surface area contributed by atoms with Crippen molar-refractivity contribution in [2.75, 3.05) is 52.9 Å². The number of hydrogen-bond acceptors (Lipinski definition) is 19. The zero-order valence-corrected chi connectivity index (χ0v) is 69.2. The van der Waals surface area contributed by atoms with E-state index in [1.54, 1.807) is 0 Å². The molecule has 19 nitrogen and oxygen atoms in total. The summed E-state index contributed by atoms with van der Waals surface area (Å²) < 4.78 is 70.9. The molecule has 12 fully saturated rings. The number of ether oxygens (including phenoxy) is 13. The van der Waals surface area contributed by atoms with Crippen LogP contribution >= 0.6 is 0 Å². The summed E-state index contributed by atoms with van der Waals surface area (Å²) in [6, 6.07) is 0. The lowest BCUT2D eigenvalue weighted by molar-refractivity contribution is -0.151. The van der Waals surface area contributed by atoms with Crippen molar-refractivity contribution >= 4 is 35.8 Å². The molecule has 6 heterocycles. The van der Waals surface area contributed by atoms with E-state index in [0.29, 0.717) is 144 Å². The number of hydrogen-bond donors (Lipinski definition) is 0. The number of carbonyl (C=O) groups is 6. The van der Waals surface area contributed by atoms with Crippen LogP contribution in [-0.2, 0) is 90.3 Å². The lowest BCUT2D eigenvalue weighted by atomic mass is 9.83. The van der Waals surface area contributed by atoms with Crippen molar-refractivity contribution in [3.05, 3.63) is 0 Å². The maximum absolute atomic E-state index is 12.0. The van der Waals surface area contributed by atoms with E-state index in [-0.39, 0.29) is 87.9 Å². The van der Waals surface area contributed by atoms with Crippen molar-refractivity contribution in [3.63, 3.8) is 0 Å². The predicted octanol–water partition coefficient (Wildman–Crippen LogP) is 18.4. The number of epoxide rings is 6. The SMILES string of the molecule is CC(C)C(=O)OCC1CCC2(C)OC2C1.CC(C)CC(=O)OCC1CCC2(C)OC2C1.CCCCC(CC)C(=O)OCC1CCC2(C)OC2C1.CCCCCCCC(=O)OCC1CCC2(C)OC2C1.CCCCCCCCCC(=O)OCC1CCC2(C)OC2C1.CCOCC(=O)OCC1CCC2(C)OC2C1. The molecule has 612 valence electrons. The zero-order chi connectivity index (χ0) is 77.1. The highest BCUT2D eigenvalue weighted by Gasteiger charge is 2.59. The molecule has 19 atom stereocenters. The van der Waals surface area contributed by atoms with Gasteiger partial charge in [-0.05, 0) is 231 Å². The van der Waals surface area contributed by atoms with Crippen LogP contribution in [0.25, 0.3) is 0 Å². The van der Waals surface area contributed by atoms with E-state index < -0.39 is 0 Å². The summed E-state index contributed by atoms with van der Waals surface area (Å²) in [5, 5.41) is 0. The van der Waals surface area contributed by atoms with Gasteiger partial charge in [0.2, 0.25) is 0 Å². The molecule has 12 aliphatic rings. The normalized spacial score (nSPS) is 34.7. The van der Waals surface area contributed by atoms with Gasteiger partial charge in [0.25, 0.3) is 0 Å². The number of carbonyl (C=O) groups excluding carboxylic acids is 6. The molecule has 6 aliphatic heterocycles. The predicted molar refractivity (Wildman–Crippen MR) is 410 cm³/mol. The molecule has 0 aromatic heterocycles. The number of unbranched alkanes of at least 4 members (excludes halogenated alkanes) is 11. The van der Waals surface area contributed by atoms with Crippen LogP contribution in [0.15, 0.2) is 0 Å². The molecule has 0 aromatic rings. The highest BCUT2D eigenvalue weighted by atomic mass is 16.6. The quantitative estimate of drug-likeness (QED) is 0.0243. The molecule has 0 aromatic carbocycles. The molecule has 0 amide bonds. The Hall–Kier alpha value is -3.46. The van der Waals surface area contributed by atoms with Crippen LogP contribution in [0.4, 0.5) is 0 Å². The van der Waals surface area contributed by atoms with E-state index in [2.05, 4.69) is 69.2 Å². The second-order valence-electron chi connectivity index (χ2n) is 36.0. The van der Waals surface area contributed by atoms with Gasteiger partial charge < -0.3 is 61.6 Å². The van der Waals surface area contributed by atoms with Crippen molar-refractivity contribution in [3.8, 4) is 0 Å². The maximum Gasteiger partial charge on any atom is 0.332 e. The van der Waals surface area contributed by atoms with Gasteiger partial charge >= 0.3 is 35.8 Å². The van der Waals surface area contributed by atoms with Crippen LogP contribution < -0.4 is 0 Å². The van der Waals surface area contributed by atoms with Gasteiger partial charge in [-0.15, -0.1) is 0 Å². The third-order valence-corrected chi connectivity index (χ3v) is 25.3. The van der Waals surface area contributed by atoms with Gasteiger partial charge in [0.05, 0.1) is 122 Å². The molecule has 19 heteroatoms. The van der Waals surface area contributed by atoms with Crippen molar-refractivity contribution in [1.29, 1.82) is 0 Å². The lowest BCUT2D eigenvalue weighted by Gasteiger charge is -2.23. The second kappa shape index (κ2) is 43.5. The molecule has 106 heavy (non-hydrogen) atoms.